The van der Waals surface area contributed by atoms with Gasteiger partial charge < -0.3 is 4.98 Å². The van der Waals surface area contributed by atoms with Gasteiger partial charge in [0.1, 0.15) is 0 Å². The summed E-state index contributed by atoms with van der Waals surface area (Å²) in [6, 6.07) is 27.8. The van der Waals surface area contributed by atoms with E-state index in [2.05, 4.69) is 65.6 Å². The Labute approximate surface area is 191 Å². The number of pyridine rings is 1. The Morgan fingerprint density at radius 3 is 2.18 bits per heavy atom. The third-order valence-corrected chi connectivity index (χ3v) is 8.10. The molecule has 0 saturated heterocycles. The number of hydrogen-bond donors (Lipinski definition) is 1. The first-order valence-corrected chi connectivity index (χ1v) is 11.8. The average Bonchev–Trinajstić information content (AvgIpc) is 3.55. The Balaban J connectivity index is 1.55. The smallest absolute Gasteiger partial charge is 0.263 e. The molecule has 0 bridgehead atoms. The summed E-state index contributed by atoms with van der Waals surface area (Å²) in [5, 5.41) is 7.66. The quantitative estimate of drug-likeness (QED) is 0.263. The standard InChI is InChI=1S/C29H16N2OS/c32-29-20-7-2-1-5-18(20)22-12-17(13-23-24-14-30-15-25(24)31(29)28(22)23)16-9-10-27-21(11-16)19-6-3-4-8-26(19)33-27/h1-15,30H. The minimum Gasteiger partial charge on any atom is -0.365 e. The predicted octanol–water partition coefficient (Wildman–Crippen LogP) is 7.56. The zero-order valence-corrected chi connectivity index (χ0v) is 18.2. The summed E-state index contributed by atoms with van der Waals surface area (Å²) in [7, 11) is 0. The Morgan fingerprint density at radius 2 is 1.30 bits per heavy atom. The maximum atomic E-state index is 13.4. The van der Waals surface area contributed by atoms with Crippen molar-refractivity contribution >= 4 is 69.5 Å². The number of aromatic nitrogens is 2. The van der Waals surface area contributed by atoms with E-state index in [0.29, 0.717) is 0 Å². The van der Waals surface area contributed by atoms with Gasteiger partial charge in [-0.1, -0.05) is 42.5 Å². The molecule has 0 saturated carbocycles. The number of thiophene rings is 1. The summed E-state index contributed by atoms with van der Waals surface area (Å²) in [6.45, 7) is 0. The van der Waals surface area contributed by atoms with E-state index >= 15 is 0 Å². The number of aromatic amines is 1. The van der Waals surface area contributed by atoms with Gasteiger partial charge in [-0.2, -0.15) is 0 Å². The number of rotatable bonds is 1. The molecule has 33 heavy (non-hydrogen) atoms. The summed E-state index contributed by atoms with van der Waals surface area (Å²) in [6.07, 6.45) is 3.93. The lowest BCUT2D eigenvalue weighted by Crippen LogP contribution is -2.12. The van der Waals surface area contributed by atoms with Crippen LogP contribution in [0.5, 0.6) is 0 Å². The highest BCUT2D eigenvalue weighted by molar-refractivity contribution is 7.25. The average molecular weight is 441 g/mol. The summed E-state index contributed by atoms with van der Waals surface area (Å²) >= 11 is 1.84. The molecule has 154 valence electrons. The fraction of sp³-hybridized carbons (Fsp3) is 0. The van der Waals surface area contributed by atoms with Crippen LogP contribution in [-0.2, 0) is 0 Å². The first-order valence-electron chi connectivity index (χ1n) is 11.0. The van der Waals surface area contributed by atoms with Crippen LogP contribution in [0.15, 0.2) is 96.1 Å². The molecule has 4 heterocycles. The SMILES string of the molecule is O=c1c2ccccc2c2cc(-c3ccc4sc5ccccc5c4c3)cc3c4c[nH]cc4n1c23. The molecule has 8 rings (SSSR count). The van der Waals surface area contributed by atoms with Crippen molar-refractivity contribution in [2.75, 3.05) is 0 Å². The van der Waals surface area contributed by atoms with Crippen molar-refractivity contribution in [1.82, 2.24) is 9.38 Å². The third kappa shape index (κ3) is 2.16. The summed E-state index contributed by atoms with van der Waals surface area (Å²) in [4.78, 5) is 16.6. The van der Waals surface area contributed by atoms with Crippen molar-refractivity contribution in [2.45, 2.75) is 0 Å². The van der Waals surface area contributed by atoms with Gasteiger partial charge in [0.2, 0.25) is 0 Å². The molecule has 0 unspecified atom stereocenters. The van der Waals surface area contributed by atoms with Crippen molar-refractivity contribution in [2.24, 2.45) is 0 Å². The van der Waals surface area contributed by atoms with E-state index in [1.807, 2.05) is 46.3 Å². The molecule has 0 amide bonds. The number of nitrogens with one attached hydrogen (secondary N) is 1. The van der Waals surface area contributed by atoms with Gasteiger partial charge in [0.05, 0.1) is 11.0 Å². The zero-order valence-electron chi connectivity index (χ0n) is 17.4. The molecule has 4 heteroatoms. The van der Waals surface area contributed by atoms with Gasteiger partial charge in [0, 0.05) is 54.1 Å². The van der Waals surface area contributed by atoms with Crippen molar-refractivity contribution in [3.8, 4) is 11.1 Å². The third-order valence-electron chi connectivity index (χ3n) is 6.95. The summed E-state index contributed by atoms with van der Waals surface area (Å²) in [5.41, 5.74) is 4.33. The fourth-order valence-electron chi connectivity index (χ4n) is 5.47. The predicted molar refractivity (Wildman–Crippen MR) is 140 cm³/mol. The Morgan fingerprint density at radius 1 is 0.606 bits per heavy atom. The van der Waals surface area contributed by atoms with Crippen LogP contribution < -0.4 is 5.56 Å². The van der Waals surface area contributed by atoms with E-state index < -0.39 is 0 Å². The number of hydrogen-bond acceptors (Lipinski definition) is 2. The Kier molecular flexibility index (Phi) is 3.17. The van der Waals surface area contributed by atoms with Crippen LogP contribution in [-0.4, -0.2) is 9.38 Å². The van der Waals surface area contributed by atoms with Gasteiger partial charge in [-0.15, -0.1) is 11.3 Å². The number of fused-ring (bicyclic) bond motifs is 8. The Bertz CT molecular complexity index is 2110. The zero-order chi connectivity index (χ0) is 21.7. The molecule has 0 fully saturated rings. The topological polar surface area (TPSA) is 37.3 Å². The molecule has 8 aromatic rings. The van der Waals surface area contributed by atoms with Crippen molar-refractivity contribution in [3.63, 3.8) is 0 Å². The van der Waals surface area contributed by atoms with Gasteiger partial charge >= 0.3 is 0 Å². The molecule has 0 aliphatic heterocycles. The lowest BCUT2D eigenvalue weighted by Gasteiger charge is -2.10. The number of nitrogens with zero attached hydrogens (tertiary/aromatic N) is 1. The van der Waals surface area contributed by atoms with Crippen LogP contribution in [0.3, 0.4) is 0 Å². The Hall–Kier alpha value is -4.15. The minimum absolute atomic E-state index is 0.0385. The second-order valence-corrected chi connectivity index (χ2v) is 9.75. The lowest BCUT2D eigenvalue weighted by atomic mass is 9.97. The van der Waals surface area contributed by atoms with Gasteiger partial charge in [0.25, 0.3) is 5.56 Å². The second kappa shape index (κ2) is 6.00. The largest absolute Gasteiger partial charge is 0.365 e. The normalized spacial score (nSPS) is 12.4. The van der Waals surface area contributed by atoms with E-state index in [1.165, 1.54) is 31.3 Å². The number of H-pyrrole nitrogens is 1. The van der Waals surface area contributed by atoms with E-state index in [0.717, 1.165) is 38.0 Å². The molecule has 1 N–H and O–H groups in total. The molecule has 0 atom stereocenters. The van der Waals surface area contributed by atoms with E-state index in [4.69, 9.17) is 0 Å². The highest BCUT2D eigenvalue weighted by atomic mass is 32.1. The van der Waals surface area contributed by atoms with Gasteiger partial charge in [0.15, 0.2) is 0 Å². The molecule has 0 radical (unpaired) electrons. The van der Waals surface area contributed by atoms with Crippen molar-refractivity contribution in [1.29, 1.82) is 0 Å². The monoisotopic (exact) mass is 440 g/mol. The maximum Gasteiger partial charge on any atom is 0.263 e. The molecular weight excluding hydrogens is 424 g/mol. The fourth-order valence-corrected chi connectivity index (χ4v) is 6.56. The number of benzene rings is 4. The van der Waals surface area contributed by atoms with Gasteiger partial charge in [-0.25, -0.2) is 0 Å². The first kappa shape index (κ1) is 17.4. The molecule has 0 aliphatic carbocycles. The molecule has 4 aromatic heterocycles. The van der Waals surface area contributed by atoms with Crippen LogP contribution in [0.25, 0.3) is 69.3 Å². The molecule has 0 spiro atoms. The van der Waals surface area contributed by atoms with Crippen LogP contribution in [0.2, 0.25) is 0 Å². The second-order valence-electron chi connectivity index (χ2n) is 8.67. The van der Waals surface area contributed by atoms with Crippen LogP contribution in [0.1, 0.15) is 0 Å². The van der Waals surface area contributed by atoms with E-state index in [1.54, 1.807) is 0 Å². The van der Waals surface area contributed by atoms with Crippen LogP contribution in [0, 0.1) is 0 Å². The van der Waals surface area contributed by atoms with Gasteiger partial charge in [-0.3, -0.25) is 9.20 Å². The lowest BCUT2D eigenvalue weighted by molar-refractivity contribution is 1.20. The molecule has 3 nitrogen and oxygen atoms in total. The summed E-state index contributed by atoms with van der Waals surface area (Å²) in [5.74, 6) is 0. The highest BCUT2D eigenvalue weighted by Crippen LogP contribution is 2.40. The summed E-state index contributed by atoms with van der Waals surface area (Å²) < 4.78 is 4.49. The van der Waals surface area contributed by atoms with E-state index in [9.17, 15) is 4.79 Å². The van der Waals surface area contributed by atoms with E-state index in [-0.39, 0.29) is 5.56 Å². The first-order chi connectivity index (χ1) is 16.3. The highest BCUT2D eigenvalue weighted by Gasteiger charge is 2.19. The van der Waals surface area contributed by atoms with Gasteiger partial charge in [-0.05, 0) is 52.9 Å². The van der Waals surface area contributed by atoms with Crippen molar-refractivity contribution in [3.05, 3.63) is 102 Å². The molecular formula is C29H16N2OS. The minimum atomic E-state index is 0.0385. The van der Waals surface area contributed by atoms with Crippen LogP contribution >= 0.6 is 11.3 Å². The van der Waals surface area contributed by atoms with Crippen molar-refractivity contribution < 1.29 is 0 Å². The molecule has 0 aliphatic rings. The van der Waals surface area contributed by atoms with Crippen LogP contribution in [0.4, 0.5) is 0 Å². The molecule has 4 aromatic carbocycles. The maximum absolute atomic E-state index is 13.4.